The standard InChI is InChI=1S/C13H17N3O2/c1-14-7-6-10-2-4-11(5-3-10)16-9-8-15-12(17)13(16)18/h2-5,14H,6-9H2,1H3,(H,15,17). The molecule has 96 valence electrons. The maximum Gasteiger partial charge on any atom is 0.316 e. The lowest BCUT2D eigenvalue weighted by molar-refractivity contribution is -0.138. The third-order valence-electron chi connectivity index (χ3n) is 2.97. The maximum atomic E-state index is 11.7. The Morgan fingerprint density at radius 2 is 2.00 bits per heavy atom. The fourth-order valence-electron chi connectivity index (χ4n) is 1.94. The zero-order chi connectivity index (χ0) is 13.0. The molecule has 0 radical (unpaired) electrons. The molecule has 1 saturated heterocycles. The largest absolute Gasteiger partial charge is 0.346 e. The number of carbonyl (C=O) groups excluding carboxylic acids is 2. The first-order valence-corrected chi connectivity index (χ1v) is 6.05. The second kappa shape index (κ2) is 5.64. The van der Waals surface area contributed by atoms with Crippen LogP contribution in [-0.2, 0) is 16.0 Å². The quantitative estimate of drug-likeness (QED) is 0.731. The van der Waals surface area contributed by atoms with Crippen molar-refractivity contribution in [3.63, 3.8) is 0 Å². The SMILES string of the molecule is CNCCc1ccc(N2CCNC(=O)C2=O)cc1. The molecule has 0 unspecified atom stereocenters. The van der Waals surface area contributed by atoms with Crippen LogP contribution in [0.5, 0.6) is 0 Å². The summed E-state index contributed by atoms with van der Waals surface area (Å²) in [5, 5.41) is 5.62. The number of anilines is 1. The van der Waals surface area contributed by atoms with Crippen molar-refractivity contribution in [1.82, 2.24) is 10.6 Å². The zero-order valence-electron chi connectivity index (χ0n) is 10.4. The van der Waals surface area contributed by atoms with Crippen LogP contribution in [-0.4, -0.2) is 38.5 Å². The summed E-state index contributed by atoms with van der Waals surface area (Å²) in [5.41, 5.74) is 1.99. The Kier molecular flexibility index (Phi) is 3.94. The Balaban J connectivity index is 2.09. The number of amides is 2. The van der Waals surface area contributed by atoms with Crippen LogP contribution in [0.3, 0.4) is 0 Å². The lowest BCUT2D eigenvalue weighted by Gasteiger charge is -2.26. The molecule has 0 bridgehead atoms. The Morgan fingerprint density at radius 1 is 1.28 bits per heavy atom. The average molecular weight is 247 g/mol. The number of hydrogen-bond acceptors (Lipinski definition) is 3. The summed E-state index contributed by atoms with van der Waals surface area (Å²) in [6.07, 6.45) is 0.950. The van der Waals surface area contributed by atoms with Crippen molar-refractivity contribution >= 4 is 17.5 Å². The molecule has 1 aliphatic heterocycles. The van der Waals surface area contributed by atoms with Crippen LogP contribution in [0.1, 0.15) is 5.56 Å². The van der Waals surface area contributed by atoms with E-state index in [0.717, 1.165) is 18.7 Å². The second-order valence-corrected chi connectivity index (χ2v) is 4.23. The monoisotopic (exact) mass is 247 g/mol. The topological polar surface area (TPSA) is 61.4 Å². The van der Waals surface area contributed by atoms with Gasteiger partial charge in [0, 0.05) is 18.8 Å². The van der Waals surface area contributed by atoms with Crippen LogP contribution in [0.25, 0.3) is 0 Å². The zero-order valence-corrected chi connectivity index (χ0v) is 10.4. The number of nitrogens with one attached hydrogen (secondary N) is 2. The van der Waals surface area contributed by atoms with Crippen molar-refractivity contribution in [1.29, 1.82) is 0 Å². The number of piperazine rings is 1. The highest BCUT2D eigenvalue weighted by molar-refractivity contribution is 6.41. The predicted molar refractivity (Wildman–Crippen MR) is 69.4 cm³/mol. The highest BCUT2D eigenvalue weighted by atomic mass is 16.2. The molecular formula is C13H17N3O2. The highest BCUT2D eigenvalue weighted by Crippen LogP contribution is 2.16. The van der Waals surface area contributed by atoms with Gasteiger partial charge in [-0.25, -0.2) is 0 Å². The van der Waals surface area contributed by atoms with Crippen LogP contribution in [0.2, 0.25) is 0 Å². The fourth-order valence-corrected chi connectivity index (χ4v) is 1.94. The molecule has 0 aromatic heterocycles. The van der Waals surface area contributed by atoms with E-state index in [1.165, 1.54) is 10.5 Å². The van der Waals surface area contributed by atoms with Gasteiger partial charge in [0.1, 0.15) is 0 Å². The van der Waals surface area contributed by atoms with Gasteiger partial charge in [0.25, 0.3) is 0 Å². The van der Waals surface area contributed by atoms with E-state index < -0.39 is 11.8 Å². The van der Waals surface area contributed by atoms with E-state index in [4.69, 9.17) is 0 Å². The molecule has 1 fully saturated rings. The molecule has 2 rings (SSSR count). The molecule has 0 aliphatic carbocycles. The number of nitrogens with zero attached hydrogens (tertiary/aromatic N) is 1. The third kappa shape index (κ3) is 2.68. The van der Waals surface area contributed by atoms with Gasteiger partial charge in [-0.3, -0.25) is 9.59 Å². The molecule has 0 atom stereocenters. The lowest BCUT2D eigenvalue weighted by Crippen LogP contribution is -2.52. The van der Waals surface area contributed by atoms with Gasteiger partial charge in [-0.1, -0.05) is 12.1 Å². The molecule has 0 saturated carbocycles. The Bertz CT molecular complexity index is 442. The summed E-state index contributed by atoms with van der Waals surface area (Å²) >= 11 is 0. The van der Waals surface area contributed by atoms with Crippen LogP contribution in [0.4, 0.5) is 5.69 Å². The normalized spacial score (nSPS) is 15.7. The first-order chi connectivity index (χ1) is 8.72. The summed E-state index contributed by atoms with van der Waals surface area (Å²) in [4.78, 5) is 24.5. The number of benzene rings is 1. The molecule has 0 spiro atoms. The van der Waals surface area contributed by atoms with Gasteiger partial charge >= 0.3 is 11.8 Å². The van der Waals surface area contributed by atoms with E-state index in [9.17, 15) is 9.59 Å². The van der Waals surface area contributed by atoms with Gasteiger partial charge in [0.15, 0.2) is 0 Å². The average Bonchev–Trinajstić information content (AvgIpc) is 2.40. The van der Waals surface area contributed by atoms with Gasteiger partial charge in [-0.05, 0) is 37.7 Å². The second-order valence-electron chi connectivity index (χ2n) is 4.23. The summed E-state index contributed by atoms with van der Waals surface area (Å²) in [6.45, 7) is 1.96. The van der Waals surface area contributed by atoms with Crippen molar-refractivity contribution in [2.45, 2.75) is 6.42 Å². The van der Waals surface area contributed by atoms with Crippen molar-refractivity contribution in [2.24, 2.45) is 0 Å². The summed E-state index contributed by atoms with van der Waals surface area (Å²) in [6, 6.07) is 7.77. The predicted octanol–water partition coefficient (Wildman–Crippen LogP) is -0.0887. The van der Waals surface area contributed by atoms with Crippen molar-refractivity contribution < 1.29 is 9.59 Å². The van der Waals surface area contributed by atoms with E-state index in [0.29, 0.717) is 13.1 Å². The number of rotatable bonds is 4. The Morgan fingerprint density at radius 3 is 2.67 bits per heavy atom. The van der Waals surface area contributed by atoms with Gasteiger partial charge in [0.05, 0.1) is 0 Å². The van der Waals surface area contributed by atoms with Crippen LogP contribution in [0.15, 0.2) is 24.3 Å². The molecule has 18 heavy (non-hydrogen) atoms. The van der Waals surface area contributed by atoms with Crippen LogP contribution >= 0.6 is 0 Å². The van der Waals surface area contributed by atoms with Gasteiger partial charge in [-0.15, -0.1) is 0 Å². The smallest absolute Gasteiger partial charge is 0.316 e. The molecule has 1 aromatic rings. The van der Waals surface area contributed by atoms with Crippen LogP contribution < -0.4 is 15.5 Å². The van der Waals surface area contributed by atoms with Gasteiger partial charge < -0.3 is 15.5 Å². The van der Waals surface area contributed by atoms with Gasteiger partial charge in [-0.2, -0.15) is 0 Å². The lowest BCUT2D eigenvalue weighted by atomic mass is 10.1. The third-order valence-corrected chi connectivity index (χ3v) is 2.97. The van der Waals surface area contributed by atoms with Crippen LogP contribution in [0, 0.1) is 0 Å². The molecule has 2 N–H and O–H groups in total. The minimum absolute atomic E-state index is 0.482. The van der Waals surface area contributed by atoms with E-state index >= 15 is 0 Å². The van der Waals surface area contributed by atoms with Crippen molar-refractivity contribution in [3.8, 4) is 0 Å². The summed E-state index contributed by atoms with van der Waals surface area (Å²) < 4.78 is 0. The number of carbonyl (C=O) groups is 2. The van der Waals surface area contributed by atoms with E-state index in [1.54, 1.807) is 0 Å². The Hall–Kier alpha value is -1.88. The highest BCUT2D eigenvalue weighted by Gasteiger charge is 2.26. The van der Waals surface area contributed by atoms with E-state index in [2.05, 4.69) is 10.6 Å². The summed E-state index contributed by atoms with van der Waals surface area (Å²) in [7, 11) is 1.92. The molecule has 2 amide bonds. The van der Waals surface area contributed by atoms with Gasteiger partial charge in [0.2, 0.25) is 0 Å². The Labute approximate surface area is 106 Å². The maximum absolute atomic E-state index is 11.7. The molecular weight excluding hydrogens is 230 g/mol. The molecule has 1 heterocycles. The number of hydrogen-bond donors (Lipinski definition) is 2. The number of likely N-dealkylation sites (N-methyl/N-ethyl adjacent to an activating group) is 1. The summed E-state index contributed by atoms with van der Waals surface area (Å²) in [5.74, 6) is -1.01. The molecule has 5 heteroatoms. The van der Waals surface area contributed by atoms with Crippen molar-refractivity contribution in [3.05, 3.63) is 29.8 Å². The molecule has 5 nitrogen and oxygen atoms in total. The minimum atomic E-state index is -0.527. The first-order valence-electron chi connectivity index (χ1n) is 6.05. The van der Waals surface area contributed by atoms with E-state index in [-0.39, 0.29) is 0 Å². The first kappa shape index (κ1) is 12.6. The fraction of sp³-hybridized carbons (Fsp3) is 0.385. The minimum Gasteiger partial charge on any atom is -0.346 e. The molecule has 1 aromatic carbocycles. The van der Waals surface area contributed by atoms with E-state index in [1.807, 2.05) is 31.3 Å². The van der Waals surface area contributed by atoms with Crippen molar-refractivity contribution in [2.75, 3.05) is 31.6 Å². The molecule has 1 aliphatic rings.